The van der Waals surface area contributed by atoms with E-state index in [1.165, 1.54) is 0 Å². The van der Waals surface area contributed by atoms with Gasteiger partial charge in [0.05, 0.1) is 0 Å². The Morgan fingerprint density at radius 1 is 1.22 bits per heavy atom. The van der Waals surface area contributed by atoms with Crippen molar-refractivity contribution in [2.75, 3.05) is 0 Å². The second-order valence-corrected chi connectivity index (χ2v) is 2.20. The highest BCUT2D eigenvalue weighted by Crippen LogP contribution is 1.76. The summed E-state index contributed by atoms with van der Waals surface area (Å²) in [6, 6.07) is 0. The molecule has 9 heteroatoms. The van der Waals surface area contributed by atoms with Crippen LogP contribution in [0.5, 0.6) is 0 Å². The summed E-state index contributed by atoms with van der Waals surface area (Å²) in [5, 5.41) is 0. The average molecular weight is 177 g/mol. The third-order valence-electron chi connectivity index (χ3n) is 0. The summed E-state index contributed by atoms with van der Waals surface area (Å²) in [6.45, 7) is 0. The molecule has 0 aliphatic rings. The molecule has 0 spiro atoms. The van der Waals surface area contributed by atoms with E-state index in [4.69, 9.17) is 26.7 Å². The van der Waals surface area contributed by atoms with E-state index in [0.717, 1.165) is 0 Å². The van der Waals surface area contributed by atoms with E-state index in [2.05, 4.69) is 5.50 Å². The third kappa shape index (κ3) is 3480. The van der Waals surface area contributed by atoms with Crippen molar-refractivity contribution in [3.8, 4) is 0 Å². The lowest BCUT2D eigenvalue weighted by Gasteiger charge is -1.68. The second-order valence-electron chi connectivity index (χ2n) is 0.733. The number of hydrogen-bond donors (Lipinski definition) is 3. The fraction of sp³-hybridized carbons (Fsp3) is 0. The monoisotopic (exact) mass is 177 g/mol. The van der Waals surface area contributed by atoms with E-state index < -0.39 is 18.2 Å². The maximum absolute atomic E-state index is 8.81. The summed E-state index contributed by atoms with van der Waals surface area (Å²) < 4.78 is 49.2. The first-order valence-electron chi connectivity index (χ1n) is 1.32. The fourth-order valence-corrected chi connectivity index (χ4v) is 0. The maximum atomic E-state index is 8.81. The Morgan fingerprint density at radius 2 is 1.22 bits per heavy atom. The quantitative estimate of drug-likeness (QED) is 0.331. The number of rotatable bonds is 0. The van der Waals surface area contributed by atoms with Gasteiger partial charge in [0.15, 0.2) is 0 Å². The molecule has 0 aliphatic carbocycles. The van der Waals surface area contributed by atoms with Gasteiger partial charge in [0, 0.05) is 0 Å². The Morgan fingerprint density at radius 3 is 1.22 bits per heavy atom. The molecule has 0 saturated carbocycles. The molecule has 4 N–H and O–H groups in total. The van der Waals surface area contributed by atoms with E-state index in [-0.39, 0.29) is 0 Å². The van der Waals surface area contributed by atoms with Crippen molar-refractivity contribution in [2.45, 2.75) is 0 Å². The van der Waals surface area contributed by atoms with Gasteiger partial charge in [-0.1, -0.05) is 0 Å². The van der Waals surface area contributed by atoms with Crippen LogP contribution in [0.15, 0.2) is 0 Å². The summed E-state index contributed by atoms with van der Waals surface area (Å²) in [5.74, 6) is 0. The Hall–Kier alpha value is -0.270. The average Bonchev–Trinajstić information content (AvgIpc) is 1.19. The molecular formula is H4NO6PS. The standard InChI is InChI=1S/H2NO2P.H2O4S/c1-4(2)3;1-5(2,3)4/h(H2,1,2,3);(H2,1,2,3,4). The van der Waals surface area contributed by atoms with Gasteiger partial charge in [-0.05, 0) is 0 Å². The van der Waals surface area contributed by atoms with Crippen LogP contribution in [0.3, 0.4) is 0 Å². The van der Waals surface area contributed by atoms with Gasteiger partial charge < -0.3 is 0 Å². The van der Waals surface area contributed by atoms with Crippen LogP contribution in [0.1, 0.15) is 0 Å². The zero-order chi connectivity index (χ0) is 8.08. The van der Waals surface area contributed by atoms with Crippen LogP contribution in [0.25, 0.3) is 0 Å². The minimum Gasteiger partial charge on any atom is -0.264 e. The van der Waals surface area contributed by atoms with Gasteiger partial charge >= 0.3 is 18.2 Å². The van der Waals surface area contributed by atoms with Crippen LogP contribution in [-0.4, -0.2) is 17.5 Å². The van der Waals surface area contributed by atoms with Crippen molar-refractivity contribution in [1.82, 2.24) is 0 Å². The normalized spacial score (nSPS) is 9.22. The van der Waals surface area contributed by atoms with Crippen LogP contribution < -0.4 is 5.50 Å². The Kier molecular flexibility index (Phi) is 5.88. The highest BCUT2D eigenvalue weighted by atomic mass is 32.3. The second kappa shape index (κ2) is 4.59. The summed E-state index contributed by atoms with van der Waals surface area (Å²) in [7, 11) is -7.29. The van der Waals surface area contributed by atoms with E-state index in [9.17, 15) is 0 Å². The lowest BCUT2D eigenvalue weighted by atomic mass is 13.9. The molecule has 0 atom stereocenters. The summed E-state index contributed by atoms with van der Waals surface area (Å²) in [6.07, 6.45) is 0. The highest BCUT2D eigenvalue weighted by molar-refractivity contribution is 7.79. The molecular weight excluding hydrogens is 173 g/mol. The first-order chi connectivity index (χ1) is 3.73. The maximum Gasteiger partial charge on any atom is 0.394 e. The minimum absolute atomic E-state index is 2.62. The molecule has 56 valence electrons. The molecule has 0 aromatic carbocycles. The largest absolute Gasteiger partial charge is 0.394 e. The van der Waals surface area contributed by atoms with Gasteiger partial charge in [-0.15, -0.1) is 0 Å². The zero-order valence-electron chi connectivity index (χ0n) is 3.96. The molecule has 0 radical (unpaired) electrons. The molecule has 9 heavy (non-hydrogen) atoms. The molecule has 0 bridgehead atoms. The minimum atomic E-state index is -4.67. The van der Waals surface area contributed by atoms with Gasteiger partial charge in [-0.2, -0.15) is 8.42 Å². The zero-order valence-corrected chi connectivity index (χ0v) is 5.67. The SMILES string of the molecule is NP(=O)=O.O=S(=O)(O)O. The van der Waals surface area contributed by atoms with Crippen LogP contribution in [0.4, 0.5) is 0 Å². The van der Waals surface area contributed by atoms with E-state index >= 15 is 0 Å². The first kappa shape index (κ1) is 11.5. The predicted molar refractivity (Wildman–Crippen MR) is 26.7 cm³/mol. The number of nitrogens with two attached hydrogens (primary N) is 1. The van der Waals surface area contributed by atoms with Gasteiger partial charge in [0.2, 0.25) is 0 Å². The summed E-state index contributed by atoms with van der Waals surface area (Å²) >= 11 is 0. The molecule has 0 fully saturated rings. The predicted octanol–water partition coefficient (Wildman–Crippen LogP) is -0.620. The molecule has 0 unspecified atom stereocenters. The van der Waals surface area contributed by atoms with Gasteiger partial charge in [0.1, 0.15) is 0 Å². The van der Waals surface area contributed by atoms with Crippen molar-refractivity contribution in [1.29, 1.82) is 0 Å². The van der Waals surface area contributed by atoms with Crippen LogP contribution >= 0.6 is 7.83 Å². The molecule has 0 rings (SSSR count). The molecule has 0 amide bonds. The van der Waals surface area contributed by atoms with Crippen molar-refractivity contribution in [2.24, 2.45) is 5.50 Å². The molecule has 0 aliphatic heterocycles. The molecule has 0 aromatic heterocycles. The Labute approximate surface area is 51.3 Å². The molecule has 0 aromatic rings. The van der Waals surface area contributed by atoms with E-state index in [1.807, 2.05) is 0 Å². The van der Waals surface area contributed by atoms with Gasteiger partial charge in [-0.25, -0.2) is 14.6 Å². The van der Waals surface area contributed by atoms with Crippen LogP contribution in [0.2, 0.25) is 0 Å². The van der Waals surface area contributed by atoms with E-state index in [0.29, 0.717) is 0 Å². The highest BCUT2D eigenvalue weighted by Gasteiger charge is 1.84. The molecule has 0 heterocycles. The summed E-state index contributed by atoms with van der Waals surface area (Å²) in [5.41, 5.74) is 4.06. The fourth-order valence-electron chi connectivity index (χ4n) is 0. The lowest BCUT2D eigenvalue weighted by Crippen LogP contribution is -1.89. The van der Waals surface area contributed by atoms with Crippen molar-refractivity contribution < 1.29 is 26.7 Å². The first-order valence-corrected chi connectivity index (χ1v) is 3.97. The smallest absolute Gasteiger partial charge is 0.264 e. The van der Waals surface area contributed by atoms with Crippen LogP contribution in [-0.2, 0) is 19.5 Å². The van der Waals surface area contributed by atoms with Crippen molar-refractivity contribution in [3.05, 3.63) is 0 Å². The van der Waals surface area contributed by atoms with Gasteiger partial charge in [-0.3, -0.25) is 9.11 Å². The Balaban J connectivity index is 0. The van der Waals surface area contributed by atoms with Gasteiger partial charge in [0.25, 0.3) is 0 Å². The van der Waals surface area contributed by atoms with E-state index in [1.54, 1.807) is 0 Å². The number of hydrogen-bond acceptors (Lipinski definition) is 4. The van der Waals surface area contributed by atoms with Crippen molar-refractivity contribution in [3.63, 3.8) is 0 Å². The Bertz CT molecular complexity index is 193. The summed E-state index contributed by atoms with van der Waals surface area (Å²) in [4.78, 5) is 0. The molecule has 7 nitrogen and oxygen atoms in total. The molecule has 0 saturated heterocycles. The van der Waals surface area contributed by atoms with Crippen LogP contribution in [0, 0.1) is 0 Å². The third-order valence-corrected chi connectivity index (χ3v) is 0. The van der Waals surface area contributed by atoms with Crippen molar-refractivity contribution >= 4 is 18.2 Å². The topological polar surface area (TPSA) is 135 Å². The lowest BCUT2D eigenvalue weighted by molar-refractivity contribution is 0.381.